The van der Waals surface area contributed by atoms with E-state index >= 15 is 0 Å². The van der Waals surface area contributed by atoms with Gasteiger partial charge in [0.15, 0.2) is 11.5 Å². The quantitative estimate of drug-likeness (QED) is 0.839. The van der Waals surface area contributed by atoms with Gasteiger partial charge in [0.1, 0.15) is 0 Å². The Morgan fingerprint density at radius 3 is 3.00 bits per heavy atom. The van der Waals surface area contributed by atoms with Crippen LogP contribution in [-0.4, -0.2) is 19.9 Å². The fourth-order valence-electron chi connectivity index (χ4n) is 2.52. The van der Waals surface area contributed by atoms with Crippen LogP contribution in [0.2, 0.25) is 0 Å². The maximum atomic E-state index is 9.34. The number of ether oxygens (including phenoxy) is 2. The smallest absolute Gasteiger partial charge is 0.231 e. The summed E-state index contributed by atoms with van der Waals surface area (Å²) < 4.78 is 10.6. The second-order valence-corrected chi connectivity index (χ2v) is 4.47. The van der Waals surface area contributed by atoms with Crippen molar-refractivity contribution in [1.29, 1.82) is 5.26 Å². The van der Waals surface area contributed by atoms with Gasteiger partial charge in [-0.05, 0) is 43.1 Å². The van der Waals surface area contributed by atoms with Crippen LogP contribution in [0.1, 0.15) is 17.9 Å². The van der Waals surface area contributed by atoms with Gasteiger partial charge in [-0.3, -0.25) is 0 Å². The molecule has 2 heterocycles. The van der Waals surface area contributed by atoms with Gasteiger partial charge in [0.05, 0.1) is 12.0 Å². The first-order valence-corrected chi connectivity index (χ1v) is 5.88. The Bertz CT molecular complexity index is 461. The van der Waals surface area contributed by atoms with Gasteiger partial charge in [0, 0.05) is 0 Å². The largest absolute Gasteiger partial charge is 0.454 e. The molecule has 0 saturated carbocycles. The van der Waals surface area contributed by atoms with Crippen LogP contribution in [0.25, 0.3) is 0 Å². The van der Waals surface area contributed by atoms with Crippen molar-refractivity contribution in [3.8, 4) is 17.6 Å². The number of hydrogen-bond donors (Lipinski definition) is 1. The second kappa shape index (κ2) is 4.27. The first-order valence-electron chi connectivity index (χ1n) is 5.88. The third-order valence-electron chi connectivity index (χ3n) is 3.46. The molecule has 2 aliphatic heterocycles. The molecule has 2 atom stereocenters. The standard InChI is InChI=1S/C13H14N2O2/c14-6-11(10-3-4-15-7-10)9-1-2-12-13(5-9)17-8-16-12/h1-2,5,10-11,15H,3-4,7-8H2. The number of fused-ring (bicyclic) bond motifs is 1. The van der Waals surface area contributed by atoms with E-state index in [1.165, 1.54) is 0 Å². The average Bonchev–Trinajstić information content (AvgIpc) is 2.99. The normalized spacial score (nSPS) is 23.4. The Hall–Kier alpha value is -1.73. The van der Waals surface area contributed by atoms with E-state index < -0.39 is 0 Å². The van der Waals surface area contributed by atoms with E-state index in [0.717, 1.165) is 36.6 Å². The zero-order valence-corrected chi connectivity index (χ0v) is 9.48. The van der Waals surface area contributed by atoms with Gasteiger partial charge in [-0.15, -0.1) is 0 Å². The van der Waals surface area contributed by atoms with E-state index in [2.05, 4.69) is 11.4 Å². The Morgan fingerprint density at radius 2 is 2.24 bits per heavy atom. The third kappa shape index (κ3) is 1.83. The monoisotopic (exact) mass is 230 g/mol. The Morgan fingerprint density at radius 1 is 1.35 bits per heavy atom. The molecule has 0 aliphatic carbocycles. The summed E-state index contributed by atoms with van der Waals surface area (Å²) in [5, 5.41) is 12.6. The van der Waals surface area contributed by atoms with Crippen molar-refractivity contribution in [2.24, 2.45) is 5.92 Å². The van der Waals surface area contributed by atoms with Crippen molar-refractivity contribution in [1.82, 2.24) is 5.32 Å². The number of nitrogens with one attached hydrogen (secondary N) is 1. The molecule has 0 aromatic heterocycles. The summed E-state index contributed by atoms with van der Waals surface area (Å²) in [6, 6.07) is 8.22. The van der Waals surface area contributed by atoms with E-state index in [0.29, 0.717) is 5.92 Å². The number of hydrogen-bond acceptors (Lipinski definition) is 4. The summed E-state index contributed by atoms with van der Waals surface area (Å²) in [4.78, 5) is 0. The molecule has 0 bridgehead atoms. The lowest BCUT2D eigenvalue weighted by Gasteiger charge is -2.16. The van der Waals surface area contributed by atoms with Gasteiger partial charge in [-0.1, -0.05) is 6.07 Å². The lowest BCUT2D eigenvalue weighted by atomic mass is 9.86. The highest BCUT2D eigenvalue weighted by atomic mass is 16.7. The highest BCUT2D eigenvalue weighted by molar-refractivity contribution is 5.46. The molecular formula is C13H14N2O2. The van der Waals surface area contributed by atoms with Crippen LogP contribution in [0.5, 0.6) is 11.5 Å². The predicted octanol–water partition coefficient (Wildman–Crippen LogP) is 1.63. The molecule has 88 valence electrons. The molecule has 17 heavy (non-hydrogen) atoms. The second-order valence-electron chi connectivity index (χ2n) is 4.47. The van der Waals surface area contributed by atoms with Crippen LogP contribution < -0.4 is 14.8 Å². The van der Waals surface area contributed by atoms with Crippen molar-refractivity contribution in [3.05, 3.63) is 23.8 Å². The molecule has 0 radical (unpaired) electrons. The highest BCUT2D eigenvalue weighted by Crippen LogP contribution is 2.37. The van der Waals surface area contributed by atoms with E-state index in [1.54, 1.807) is 0 Å². The molecule has 1 N–H and O–H groups in total. The fraction of sp³-hybridized carbons (Fsp3) is 0.462. The molecule has 1 saturated heterocycles. The molecule has 2 unspecified atom stereocenters. The molecule has 4 nitrogen and oxygen atoms in total. The molecular weight excluding hydrogens is 216 g/mol. The van der Waals surface area contributed by atoms with E-state index in [-0.39, 0.29) is 12.7 Å². The van der Waals surface area contributed by atoms with Crippen LogP contribution in [0.4, 0.5) is 0 Å². The van der Waals surface area contributed by atoms with Gasteiger partial charge in [0.2, 0.25) is 6.79 Å². The molecule has 3 rings (SSSR count). The molecule has 1 fully saturated rings. The van der Waals surface area contributed by atoms with E-state index in [4.69, 9.17) is 9.47 Å². The molecule has 4 heteroatoms. The number of rotatable bonds is 2. The van der Waals surface area contributed by atoms with Gasteiger partial charge in [-0.25, -0.2) is 0 Å². The number of nitrogens with zero attached hydrogens (tertiary/aromatic N) is 1. The minimum Gasteiger partial charge on any atom is -0.454 e. The predicted molar refractivity (Wildman–Crippen MR) is 61.9 cm³/mol. The molecule has 0 amide bonds. The fourth-order valence-corrected chi connectivity index (χ4v) is 2.52. The van der Waals surface area contributed by atoms with E-state index in [1.807, 2.05) is 18.2 Å². The van der Waals surface area contributed by atoms with Crippen LogP contribution in [0.15, 0.2) is 18.2 Å². The summed E-state index contributed by atoms with van der Waals surface area (Å²) in [5.41, 5.74) is 1.03. The Labute approximate surface area is 100 Å². The lowest BCUT2D eigenvalue weighted by Crippen LogP contribution is -2.15. The van der Waals surface area contributed by atoms with Crippen LogP contribution in [-0.2, 0) is 0 Å². The van der Waals surface area contributed by atoms with Crippen molar-refractivity contribution < 1.29 is 9.47 Å². The summed E-state index contributed by atoms with van der Waals surface area (Å²) >= 11 is 0. The van der Waals surface area contributed by atoms with Gasteiger partial charge in [-0.2, -0.15) is 5.26 Å². The van der Waals surface area contributed by atoms with Gasteiger partial charge >= 0.3 is 0 Å². The maximum absolute atomic E-state index is 9.34. The number of nitriles is 1. The summed E-state index contributed by atoms with van der Waals surface area (Å²) in [6.07, 6.45) is 1.06. The molecule has 1 aromatic rings. The zero-order chi connectivity index (χ0) is 11.7. The summed E-state index contributed by atoms with van der Waals surface area (Å²) in [7, 11) is 0. The van der Waals surface area contributed by atoms with Crippen LogP contribution in [0, 0.1) is 17.2 Å². The number of benzene rings is 1. The van der Waals surface area contributed by atoms with E-state index in [9.17, 15) is 5.26 Å². The van der Waals surface area contributed by atoms with Gasteiger partial charge in [0.25, 0.3) is 0 Å². The topological polar surface area (TPSA) is 54.3 Å². The van der Waals surface area contributed by atoms with Crippen LogP contribution in [0.3, 0.4) is 0 Å². The lowest BCUT2D eigenvalue weighted by molar-refractivity contribution is 0.174. The minimum absolute atomic E-state index is 0.0560. The van der Waals surface area contributed by atoms with Crippen molar-refractivity contribution >= 4 is 0 Å². The van der Waals surface area contributed by atoms with Crippen molar-refractivity contribution in [2.45, 2.75) is 12.3 Å². The van der Waals surface area contributed by atoms with Crippen molar-refractivity contribution in [2.75, 3.05) is 19.9 Å². The maximum Gasteiger partial charge on any atom is 0.231 e. The van der Waals surface area contributed by atoms with Crippen molar-refractivity contribution in [3.63, 3.8) is 0 Å². The molecule has 1 aromatic carbocycles. The van der Waals surface area contributed by atoms with Crippen LogP contribution >= 0.6 is 0 Å². The molecule has 2 aliphatic rings. The Balaban J connectivity index is 1.89. The zero-order valence-electron chi connectivity index (χ0n) is 9.48. The average molecular weight is 230 g/mol. The molecule has 0 spiro atoms. The summed E-state index contributed by atoms with van der Waals surface area (Å²) in [5.74, 6) is 1.88. The van der Waals surface area contributed by atoms with Gasteiger partial charge < -0.3 is 14.8 Å². The minimum atomic E-state index is -0.0560. The summed E-state index contributed by atoms with van der Waals surface area (Å²) in [6.45, 7) is 2.21. The highest BCUT2D eigenvalue weighted by Gasteiger charge is 2.27. The SMILES string of the molecule is N#CC(c1ccc2c(c1)OCO2)C1CCNC1. The first-order chi connectivity index (χ1) is 8.38. The first kappa shape index (κ1) is 10.4. The third-order valence-corrected chi connectivity index (χ3v) is 3.46. The Kier molecular flexibility index (Phi) is 2.62.